The van der Waals surface area contributed by atoms with Gasteiger partial charge in [-0.25, -0.2) is 4.79 Å². The zero-order chi connectivity index (χ0) is 26.4. The second-order valence-corrected chi connectivity index (χ2v) is 12.0. The van der Waals surface area contributed by atoms with Crippen LogP contribution in [0.3, 0.4) is 0 Å². The van der Waals surface area contributed by atoms with Gasteiger partial charge in [0.25, 0.3) is 0 Å². The Labute approximate surface area is 210 Å². The Hall–Kier alpha value is -2.52. The lowest BCUT2D eigenvalue weighted by molar-refractivity contribution is -0.294. The average Bonchev–Trinajstić information content (AvgIpc) is 3.13. The minimum absolute atomic E-state index is 0.00887. The van der Waals surface area contributed by atoms with Gasteiger partial charge < -0.3 is 24.1 Å². The Morgan fingerprint density at radius 1 is 1.19 bits per heavy atom. The predicted molar refractivity (Wildman–Crippen MR) is 124 cm³/mol. The van der Waals surface area contributed by atoms with Crippen LogP contribution >= 0.6 is 0 Å². The van der Waals surface area contributed by atoms with E-state index in [1.165, 1.54) is 13.2 Å². The lowest BCUT2D eigenvalue weighted by atomic mass is 9.41. The molecular formula is C27H34O9. The zero-order valence-electron chi connectivity index (χ0n) is 21.4. The maximum atomic E-state index is 13.4. The fourth-order valence-electron chi connectivity index (χ4n) is 8.08. The van der Waals surface area contributed by atoms with Crippen LogP contribution in [0.4, 0.5) is 0 Å². The molecule has 2 saturated heterocycles. The highest BCUT2D eigenvalue weighted by Gasteiger charge is 2.74. The fraction of sp³-hybridized carbons (Fsp3) is 0.704. The topological polar surface area (TPSA) is 125 Å². The molecule has 0 amide bonds. The number of Topliss-reactive ketones (excluding diaryl/α,β-unsaturated/α-hetero) is 1. The number of carbonyl (C=O) groups excluding carboxylic acids is 4. The number of carbonyl (C=O) groups is 4. The summed E-state index contributed by atoms with van der Waals surface area (Å²) in [5.74, 6) is -2.12. The molecule has 0 radical (unpaired) electrons. The number of rotatable bonds is 3. The molecule has 5 aliphatic rings. The van der Waals surface area contributed by atoms with Crippen LogP contribution in [0.15, 0.2) is 23.8 Å². The summed E-state index contributed by atoms with van der Waals surface area (Å²) < 4.78 is 22.5. The smallest absolute Gasteiger partial charge is 0.333 e. The van der Waals surface area contributed by atoms with Crippen LogP contribution in [0.25, 0.3) is 0 Å². The maximum absolute atomic E-state index is 13.4. The van der Waals surface area contributed by atoms with Crippen molar-refractivity contribution in [2.45, 2.75) is 83.9 Å². The molecule has 2 aliphatic carbocycles. The molecule has 3 aliphatic heterocycles. The third-order valence-electron chi connectivity index (χ3n) is 10.2. The zero-order valence-corrected chi connectivity index (χ0v) is 21.4. The number of hydrogen-bond donors (Lipinski definition) is 1. The van der Waals surface area contributed by atoms with Crippen LogP contribution in [0.1, 0.15) is 59.8 Å². The van der Waals surface area contributed by atoms with Crippen molar-refractivity contribution in [1.29, 1.82) is 0 Å². The van der Waals surface area contributed by atoms with Crippen LogP contribution in [0, 0.1) is 28.1 Å². The number of fused-ring (bicyclic) bond motifs is 3. The first-order valence-electron chi connectivity index (χ1n) is 12.5. The van der Waals surface area contributed by atoms with Crippen molar-refractivity contribution in [3.63, 3.8) is 0 Å². The lowest BCUT2D eigenvalue weighted by Crippen LogP contribution is -2.74. The second-order valence-electron chi connectivity index (χ2n) is 12.0. The first kappa shape index (κ1) is 25.1. The average molecular weight is 503 g/mol. The Balaban J connectivity index is 1.62. The summed E-state index contributed by atoms with van der Waals surface area (Å²) in [5.41, 5.74) is -2.48. The molecule has 2 saturated carbocycles. The molecule has 8 atom stereocenters. The quantitative estimate of drug-likeness (QED) is 0.352. The van der Waals surface area contributed by atoms with E-state index in [1.807, 2.05) is 20.8 Å². The Bertz CT molecular complexity index is 1100. The Morgan fingerprint density at radius 3 is 2.50 bits per heavy atom. The van der Waals surface area contributed by atoms with E-state index in [4.69, 9.17) is 18.9 Å². The van der Waals surface area contributed by atoms with E-state index >= 15 is 0 Å². The van der Waals surface area contributed by atoms with Crippen molar-refractivity contribution in [3.05, 3.63) is 23.8 Å². The van der Waals surface area contributed by atoms with Crippen molar-refractivity contribution in [2.75, 3.05) is 7.11 Å². The van der Waals surface area contributed by atoms with E-state index in [2.05, 4.69) is 13.5 Å². The molecule has 0 aromatic heterocycles. The standard InChI is InChI=1S/C27H34O9/c1-13-15-7-8-25(4)22(14-9-20(30)35-23(14)32)34-21(31)12-27(13,25)36-18-11-17(28)24(2,3)16(26(15,18)5)10-19(29)33-6/h9,15-16,18,22-23,32H,1,7-8,10-12H2,2-6H3/t15?,16-,18-,22-,23?,25-,26+,27-/m0/s1. The second kappa shape index (κ2) is 7.74. The van der Waals surface area contributed by atoms with Crippen molar-refractivity contribution >= 4 is 23.7 Å². The van der Waals surface area contributed by atoms with Crippen molar-refractivity contribution in [2.24, 2.45) is 28.1 Å². The van der Waals surface area contributed by atoms with Gasteiger partial charge in [0.1, 0.15) is 17.5 Å². The molecule has 0 aromatic carbocycles. The van der Waals surface area contributed by atoms with E-state index in [0.717, 1.165) is 5.57 Å². The summed E-state index contributed by atoms with van der Waals surface area (Å²) in [5, 5.41) is 10.4. The lowest BCUT2D eigenvalue weighted by Gasteiger charge is -2.70. The third kappa shape index (κ3) is 3.02. The molecule has 2 bridgehead atoms. The summed E-state index contributed by atoms with van der Waals surface area (Å²) in [4.78, 5) is 50.8. The van der Waals surface area contributed by atoms with Gasteiger partial charge in [0.15, 0.2) is 0 Å². The number of hydrogen-bond acceptors (Lipinski definition) is 9. The number of aliphatic hydroxyl groups excluding tert-OH is 1. The van der Waals surface area contributed by atoms with Crippen molar-refractivity contribution in [1.82, 2.24) is 0 Å². The minimum Gasteiger partial charge on any atom is -0.469 e. The van der Waals surface area contributed by atoms with Gasteiger partial charge in [0.05, 0.1) is 19.6 Å². The van der Waals surface area contributed by atoms with E-state index in [0.29, 0.717) is 12.8 Å². The van der Waals surface area contributed by atoms with Crippen LogP contribution in [-0.2, 0) is 38.1 Å². The van der Waals surface area contributed by atoms with Crippen molar-refractivity contribution < 1.29 is 43.2 Å². The van der Waals surface area contributed by atoms with Gasteiger partial charge in [0.2, 0.25) is 6.29 Å². The van der Waals surface area contributed by atoms with Gasteiger partial charge in [-0.05, 0) is 30.3 Å². The molecule has 2 unspecified atom stereocenters. The summed E-state index contributed by atoms with van der Waals surface area (Å²) in [6.45, 7) is 12.2. The highest BCUT2D eigenvalue weighted by molar-refractivity contribution is 5.88. The molecule has 9 heteroatoms. The minimum atomic E-state index is -1.51. The Morgan fingerprint density at radius 2 is 1.89 bits per heavy atom. The third-order valence-corrected chi connectivity index (χ3v) is 10.2. The number of ketones is 1. The first-order chi connectivity index (χ1) is 16.7. The number of aliphatic hydroxyl groups is 1. The largest absolute Gasteiger partial charge is 0.469 e. The molecule has 5 rings (SSSR count). The molecular weight excluding hydrogens is 468 g/mol. The molecule has 9 nitrogen and oxygen atoms in total. The molecule has 36 heavy (non-hydrogen) atoms. The highest BCUT2D eigenvalue weighted by Crippen LogP contribution is 2.70. The number of methoxy groups -OCH3 is 1. The van der Waals surface area contributed by atoms with Gasteiger partial charge in [-0.3, -0.25) is 14.4 Å². The Kier molecular flexibility index (Phi) is 5.41. The van der Waals surface area contributed by atoms with E-state index in [-0.39, 0.29) is 48.4 Å². The molecule has 3 heterocycles. The van der Waals surface area contributed by atoms with E-state index in [9.17, 15) is 24.3 Å². The van der Waals surface area contributed by atoms with Gasteiger partial charge in [0, 0.05) is 40.7 Å². The number of ether oxygens (including phenoxy) is 4. The van der Waals surface area contributed by atoms with Gasteiger partial charge >= 0.3 is 17.9 Å². The van der Waals surface area contributed by atoms with Crippen molar-refractivity contribution in [3.8, 4) is 0 Å². The fourth-order valence-corrected chi connectivity index (χ4v) is 8.08. The van der Waals surface area contributed by atoms with Gasteiger partial charge in [-0.1, -0.05) is 34.3 Å². The normalized spacial score (nSPS) is 45.2. The van der Waals surface area contributed by atoms with Crippen LogP contribution < -0.4 is 0 Å². The summed E-state index contributed by atoms with van der Waals surface area (Å²) >= 11 is 0. The maximum Gasteiger partial charge on any atom is 0.333 e. The summed E-state index contributed by atoms with van der Waals surface area (Å²) in [6.07, 6.45) is -0.510. The van der Waals surface area contributed by atoms with Crippen LogP contribution in [0.5, 0.6) is 0 Å². The van der Waals surface area contributed by atoms with E-state index < -0.39 is 52.3 Å². The molecule has 1 spiro atoms. The molecule has 4 fully saturated rings. The molecule has 1 N–H and O–H groups in total. The summed E-state index contributed by atoms with van der Waals surface area (Å²) in [6, 6.07) is 0. The monoisotopic (exact) mass is 502 g/mol. The highest BCUT2D eigenvalue weighted by atomic mass is 16.6. The summed E-state index contributed by atoms with van der Waals surface area (Å²) in [7, 11) is 1.34. The molecule has 196 valence electrons. The van der Waals surface area contributed by atoms with Crippen LogP contribution in [0.2, 0.25) is 0 Å². The number of esters is 3. The van der Waals surface area contributed by atoms with Gasteiger partial charge in [-0.15, -0.1) is 0 Å². The van der Waals surface area contributed by atoms with E-state index in [1.54, 1.807) is 0 Å². The number of cyclic esters (lactones) is 2. The first-order valence-corrected chi connectivity index (χ1v) is 12.5. The van der Waals surface area contributed by atoms with Crippen LogP contribution in [-0.4, -0.2) is 60.0 Å². The SMILES string of the molecule is C=C1C2CC[C@@]3(C)[C@H](C4=CC(=O)OC4O)OC(=O)C[C@]13O[C@H]1CC(=O)C(C)(C)[C@H](CC(=O)OC)[C@@]21C. The van der Waals surface area contributed by atoms with Gasteiger partial charge in [-0.2, -0.15) is 0 Å². The predicted octanol–water partition coefficient (Wildman–Crippen LogP) is 2.40. The molecule has 0 aromatic rings.